The van der Waals surface area contributed by atoms with Crippen molar-refractivity contribution in [2.45, 2.75) is 11.1 Å². The van der Waals surface area contributed by atoms with Crippen LogP contribution in [0.3, 0.4) is 0 Å². The molecule has 1 fully saturated rings. The van der Waals surface area contributed by atoms with Gasteiger partial charge in [0.25, 0.3) is 0 Å². The van der Waals surface area contributed by atoms with Crippen LogP contribution in [-0.2, 0) is 15.6 Å². The average molecular weight is 936 g/mol. The summed E-state index contributed by atoms with van der Waals surface area (Å²) in [6, 6.07) is 21.9. The second-order valence-corrected chi connectivity index (χ2v) is 29.3. The molecule has 0 unspecified atom stereocenters. The first-order valence-corrected chi connectivity index (χ1v) is 29.3. The second kappa shape index (κ2) is 6.55. The van der Waals surface area contributed by atoms with Gasteiger partial charge in [0.1, 0.15) is 11.1 Å². The maximum Gasteiger partial charge on any atom is 0.209 e. The first-order valence-electron chi connectivity index (χ1n) is 27.6. The lowest BCUT2D eigenvalue weighted by Crippen LogP contribution is -2.27. The summed E-state index contributed by atoms with van der Waals surface area (Å²) >= 11 is 0. The molecule has 2 nitrogen and oxygen atoms in total. The van der Waals surface area contributed by atoms with Crippen LogP contribution in [0.4, 0.5) is 0 Å². The Kier molecular flexibility index (Phi) is 2.49. The Morgan fingerprint density at radius 3 is 0.480 bits per heavy atom. The molecule has 30 aromatic rings. The molecule has 0 amide bonds. The lowest BCUT2D eigenvalue weighted by atomic mass is 9.68. The van der Waals surface area contributed by atoms with Crippen molar-refractivity contribution in [3.8, 4) is 0 Å². The quantitative estimate of drug-likeness (QED) is 0.0999. The van der Waals surface area contributed by atoms with Gasteiger partial charge in [-0.25, -0.2) is 4.67 Å². The van der Waals surface area contributed by atoms with Crippen molar-refractivity contribution < 1.29 is 4.57 Å². The summed E-state index contributed by atoms with van der Waals surface area (Å²) in [5.74, 6) is 0. The van der Waals surface area contributed by atoms with Gasteiger partial charge >= 0.3 is 0 Å². The van der Waals surface area contributed by atoms with Crippen LogP contribution < -0.4 is 10.6 Å². The summed E-state index contributed by atoms with van der Waals surface area (Å²) in [6.45, 7) is 0. The van der Waals surface area contributed by atoms with Crippen LogP contribution in [-0.4, -0.2) is 4.67 Å². The van der Waals surface area contributed by atoms with Crippen molar-refractivity contribution in [1.82, 2.24) is 4.67 Å². The first kappa shape index (κ1) is 28.5. The number of nitrogens with zero attached hydrogens (tertiary/aromatic N) is 1. The zero-order valence-corrected chi connectivity index (χ0v) is 39.0. The van der Waals surface area contributed by atoms with Crippen molar-refractivity contribution in [3.63, 3.8) is 0 Å². The third kappa shape index (κ3) is 1.56. The van der Waals surface area contributed by atoms with Gasteiger partial charge in [-0.15, -0.1) is 0 Å². The lowest BCUT2D eigenvalue weighted by Gasteiger charge is -2.30. The van der Waals surface area contributed by atoms with Gasteiger partial charge in [-0.1, -0.05) is 36.4 Å². The summed E-state index contributed by atoms with van der Waals surface area (Å²) in [7, 11) is -3.66. The monoisotopic (exact) mass is 935 g/mol. The molecule has 1 saturated heterocycles. The predicted octanol–water partition coefficient (Wildman–Crippen LogP) is 18.5. The van der Waals surface area contributed by atoms with E-state index in [1.807, 2.05) is 0 Å². The maximum atomic E-state index is 18.6. The molecule has 1 heterocycles. The Morgan fingerprint density at radius 1 is 0.200 bits per heavy atom. The Balaban J connectivity index is 1.10. The maximum absolute atomic E-state index is 18.6. The first-order chi connectivity index (χ1) is 37.3. The molecule has 3 heteroatoms. The zero-order valence-electron chi connectivity index (χ0n) is 38.1. The Bertz CT molecular complexity index is 7230. The zero-order chi connectivity index (χ0) is 44.8. The highest BCUT2D eigenvalue weighted by Crippen LogP contribution is 2.94. The van der Waals surface area contributed by atoms with Crippen LogP contribution in [0, 0.1) is 0 Å². The minimum atomic E-state index is -3.66. The van der Waals surface area contributed by atoms with E-state index in [2.05, 4.69) is 65.3 Å². The number of benzene rings is 20. The van der Waals surface area contributed by atoms with E-state index < -0.39 is 18.4 Å². The van der Waals surface area contributed by atoms with Gasteiger partial charge in [0.05, 0.1) is 0 Å². The number of hydrogen-bond acceptors (Lipinski definition) is 1. The van der Waals surface area contributed by atoms with E-state index in [1.54, 1.807) is 313 Å². The molecule has 0 aromatic heterocycles. The highest BCUT2D eigenvalue weighted by Gasteiger charge is 2.89. The van der Waals surface area contributed by atoms with Crippen molar-refractivity contribution in [2.24, 2.45) is 0 Å². The Morgan fingerprint density at radius 2 is 0.333 bits per heavy atom. The third-order valence-electron chi connectivity index (χ3n) is 26.3. The Hall–Kier alpha value is -8.91. The largest absolute Gasteiger partial charge is 0.296 e. The molecule has 0 N–H and O–H groups in total. The van der Waals surface area contributed by atoms with Crippen molar-refractivity contribution >= 4 is 309 Å². The summed E-state index contributed by atoms with van der Waals surface area (Å²) in [4.78, 5) is 0. The van der Waals surface area contributed by atoms with Crippen LogP contribution in [0.25, 0.3) is 291 Å². The molecule has 0 radical (unpaired) electrons. The fraction of sp³-hybridized carbons (Fsp3) is 0.0278. The van der Waals surface area contributed by atoms with Gasteiger partial charge in [-0.3, -0.25) is 4.57 Å². The average Bonchev–Trinajstić information content (AvgIpc) is 2.03. The van der Waals surface area contributed by atoms with Crippen LogP contribution in [0.1, 0.15) is 22.3 Å². The molecule has 5 aliphatic rings. The van der Waals surface area contributed by atoms with Crippen LogP contribution >= 0.6 is 7.29 Å². The fourth-order valence-corrected chi connectivity index (χ4v) is 29.4. The van der Waals surface area contributed by atoms with Crippen LogP contribution in [0.5, 0.6) is 0 Å². The fourth-order valence-electron chi connectivity index (χ4n) is 26.0. The molecule has 75 heavy (non-hydrogen) atoms. The predicted molar refractivity (Wildman–Crippen MR) is 315 cm³/mol. The SMILES string of the molecule is O=P(c1ccccc1)(c1ccccc1)N1C23c4c5c6c7c8c9c(c%10c%11c2c2c4c4c%12c5c5c6c6c8c8c%13c9c9c%10c%10c%11c%11c2c2c4c4c%12c%12c5c5c6c8c6c8c%13c9c9c%10c%10c%11c2c2c4c4c%12c5c6c5c8c9c%10c2c45)C713. The van der Waals surface area contributed by atoms with E-state index in [4.69, 9.17) is 0 Å². The topological polar surface area (TPSA) is 20.1 Å². The minimum Gasteiger partial charge on any atom is -0.296 e. The molecule has 4 aliphatic carbocycles. The van der Waals surface area contributed by atoms with Gasteiger partial charge < -0.3 is 0 Å². The van der Waals surface area contributed by atoms with E-state index in [9.17, 15) is 0 Å². The van der Waals surface area contributed by atoms with E-state index in [-0.39, 0.29) is 0 Å². The summed E-state index contributed by atoms with van der Waals surface area (Å²) in [5, 5.41) is 87.8. The van der Waals surface area contributed by atoms with E-state index in [0.717, 1.165) is 10.6 Å². The molecule has 1 aliphatic heterocycles. The van der Waals surface area contributed by atoms with E-state index >= 15 is 4.57 Å². The molecule has 30 aromatic carbocycles. The minimum absolute atomic E-state index is 0.667. The normalized spacial score (nSPS) is 22.7. The molecule has 0 bridgehead atoms. The van der Waals surface area contributed by atoms with Gasteiger partial charge in [0.15, 0.2) is 0 Å². The summed E-state index contributed by atoms with van der Waals surface area (Å²) in [6.07, 6.45) is 0. The molecule has 0 atom stereocenters. The van der Waals surface area contributed by atoms with Gasteiger partial charge in [-0.2, -0.15) is 0 Å². The van der Waals surface area contributed by atoms with Gasteiger partial charge in [-0.05, 0) is 337 Å². The highest BCUT2D eigenvalue weighted by atomic mass is 31.2. The van der Waals surface area contributed by atoms with Gasteiger partial charge in [0.2, 0.25) is 7.29 Å². The van der Waals surface area contributed by atoms with Crippen LogP contribution in [0.2, 0.25) is 0 Å². The summed E-state index contributed by atoms with van der Waals surface area (Å²) < 4.78 is 21.4. The van der Waals surface area contributed by atoms with Crippen LogP contribution in [0.15, 0.2) is 60.7 Å². The van der Waals surface area contributed by atoms with Crippen molar-refractivity contribution in [2.75, 3.05) is 0 Å². The molecular formula is C72H10NOP. The van der Waals surface area contributed by atoms with Gasteiger partial charge in [0, 0.05) is 10.6 Å². The molecule has 2 spiro atoms. The number of hydrogen-bond donors (Lipinski definition) is 0. The highest BCUT2D eigenvalue weighted by molar-refractivity contribution is 7.77. The molecule has 314 valence electrons. The molecule has 0 saturated carbocycles. The van der Waals surface area contributed by atoms with Crippen molar-refractivity contribution in [1.29, 1.82) is 0 Å². The summed E-state index contributed by atoms with van der Waals surface area (Å²) in [5.41, 5.74) is 4.85. The third-order valence-corrected chi connectivity index (χ3v) is 29.5. The second-order valence-electron chi connectivity index (χ2n) is 26.7. The number of rotatable bonds is 3. The van der Waals surface area contributed by atoms with E-state index in [1.165, 1.54) is 0 Å². The molecular weight excluding hydrogens is 926 g/mol. The van der Waals surface area contributed by atoms with Crippen molar-refractivity contribution in [3.05, 3.63) is 82.9 Å². The Labute approximate surface area is 409 Å². The standard InChI is InChI=1S/C72H10NOP/c74-75(11-7-3-1-4-8-11,12-9-5-2-6-10-12)73-71-67-59-51-41-31-23-15-13-14-17-21-19(15)27-35-29(21)39-33-25(17)26-18(14)22-20-16(13)24(23)32-38-28(20)36-30(22)40-34(26)44-43(33)53-47(39)57-49(35)55(45(51)37(27)31)63(67)65(57)69-61(53)62-54(44)48(40)58-50(36)56-46(38)52(42(32)41)60(59)68(71)64(56)66(58)70(62)72(69,71)73/h1-10H. The smallest absolute Gasteiger partial charge is 0.209 e. The lowest BCUT2D eigenvalue weighted by molar-refractivity contribution is 0.539. The van der Waals surface area contributed by atoms with E-state index in [0.29, 0.717) is 0 Å². The molecule has 35 rings (SSSR count).